The van der Waals surface area contributed by atoms with Crippen LogP contribution in [0, 0.1) is 0 Å². The molecular weight excluding hydrogens is 622 g/mol. The van der Waals surface area contributed by atoms with Gasteiger partial charge in [0.2, 0.25) is 13.3 Å². The van der Waals surface area contributed by atoms with Crippen molar-refractivity contribution < 1.29 is 36.9 Å². The van der Waals surface area contributed by atoms with Crippen LogP contribution >= 0.6 is 7.37 Å². The Morgan fingerprint density at radius 2 is 1.85 bits per heavy atom. The third kappa shape index (κ3) is 7.32. The van der Waals surface area contributed by atoms with Crippen LogP contribution in [0.4, 0.5) is 36.3 Å². The first-order chi connectivity index (χ1) is 21.6. The Balaban J connectivity index is 1.47. The SMILES string of the molecule is CCOP(C)(=O)Cc1ccc(Nc2ncc(C(F)(F)F)c(Nc3ccc([C@H]4CC[C@](C)(O)CC4)c4c3C(=O)N(C)C4)n2)c(OC)c1. The van der Waals surface area contributed by atoms with Gasteiger partial charge in [-0.25, -0.2) is 4.98 Å². The number of ether oxygens (including phenoxy) is 1. The molecule has 14 heteroatoms. The Bertz CT molecular complexity index is 1670. The summed E-state index contributed by atoms with van der Waals surface area (Å²) in [6, 6.07) is 8.51. The van der Waals surface area contributed by atoms with Crippen LogP contribution in [0.5, 0.6) is 5.75 Å². The summed E-state index contributed by atoms with van der Waals surface area (Å²) in [7, 11) is 0.223. The highest BCUT2D eigenvalue weighted by atomic mass is 31.2. The van der Waals surface area contributed by atoms with Crippen LogP contribution < -0.4 is 15.4 Å². The minimum atomic E-state index is -4.78. The number of carbonyl (C=O) groups is 1. The molecule has 1 fully saturated rings. The number of methoxy groups -OCH3 is 1. The van der Waals surface area contributed by atoms with Crippen molar-refractivity contribution in [3.05, 3.63) is 64.3 Å². The molecule has 2 heterocycles. The molecule has 5 rings (SSSR count). The lowest BCUT2D eigenvalue weighted by Gasteiger charge is -2.34. The predicted octanol–water partition coefficient (Wildman–Crippen LogP) is 7.43. The van der Waals surface area contributed by atoms with Crippen molar-refractivity contribution in [2.24, 2.45) is 0 Å². The molecule has 1 atom stereocenters. The molecule has 1 aromatic heterocycles. The molecular formula is C32H39F3N5O5P. The van der Waals surface area contributed by atoms with Crippen molar-refractivity contribution >= 4 is 36.4 Å². The van der Waals surface area contributed by atoms with E-state index in [0.717, 1.165) is 24.0 Å². The molecule has 1 unspecified atom stereocenters. The van der Waals surface area contributed by atoms with E-state index in [9.17, 15) is 27.6 Å². The molecule has 0 saturated heterocycles. The van der Waals surface area contributed by atoms with Gasteiger partial charge in [0.1, 0.15) is 17.1 Å². The van der Waals surface area contributed by atoms with Crippen molar-refractivity contribution in [2.45, 2.75) is 69.9 Å². The molecule has 1 amide bonds. The number of nitrogens with zero attached hydrogens (tertiary/aromatic N) is 3. The average Bonchev–Trinajstić information content (AvgIpc) is 3.27. The zero-order valence-corrected chi connectivity index (χ0v) is 27.4. The van der Waals surface area contributed by atoms with Gasteiger partial charge in [-0.1, -0.05) is 12.1 Å². The maximum atomic E-state index is 14.2. The number of hydrogen-bond donors (Lipinski definition) is 3. The van der Waals surface area contributed by atoms with Gasteiger partial charge in [-0.15, -0.1) is 0 Å². The average molecular weight is 662 g/mol. The minimum Gasteiger partial charge on any atom is -0.495 e. The van der Waals surface area contributed by atoms with Crippen molar-refractivity contribution in [2.75, 3.05) is 38.1 Å². The van der Waals surface area contributed by atoms with Gasteiger partial charge < -0.3 is 29.9 Å². The largest absolute Gasteiger partial charge is 0.495 e. The summed E-state index contributed by atoms with van der Waals surface area (Å²) in [4.78, 5) is 22.9. The molecule has 3 N–H and O–H groups in total. The van der Waals surface area contributed by atoms with E-state index < -0.39 is 30.5 Å². The molecule has 1 aliphatic heterocycles. The molecule has 1 saturated carbocycles. The fourth-order valence-corrected chi connectivity index (χ4v) is 7.69. The molecule has 46 heavy (non-hydrogen) atoms. The standard InChI is InChI=1S/C32H39F3N5O5P/c1-6-45-46(5,43)18-19-7-9-24(26(15-19)44-4)38-30-36-16-23(32(33,34)35)28(39-30)37-25-10-8-21(20-11-13-31(2,42)14-12-20)22-17-40(3)29(41)27(22)25/h7-10,15-16,20,42H,6,11-14,17-18H2,1-5H3,(H2,36,37,38,39)/t20-,31-,46?. The molecule has 2 aliphatic rings. The molecule has 248 valence electrons. The Morgan fingerprint density at radius 3 is 2.50 bits per heavy atom. The quantitative estimate of drug-likeness (QED) is 0.190. The molecule has 0 radical (unpaired) electrons. The predicted molar refractivity (Wildman–Crippen MR) is 170 cm³/mol. The fraction of sp³-hybridized carbons (Fsp3) is 0.469. The molecule has 0 bridgehead atoms. The summed E-state index contributed by atoms with van der Waals surface area (Å²) >= 11 is 0. The van der Waals surface area contributed by atoms with Crippen LogP contribution in [-0.4, -0.2) is 58.9 Å². The first-order valence-electron chi connectivity index (χ1n) is 15.1. The molecule has 10 nitrogen and oxygen atoms in total. The third-order valence-electron chi connectivity index (χ3n) is 8.54. The number of anilines is 4. The summed E-state index contributed by atoms with van der Waals surface area (Å²) in [5.41, 5.74) is 1.54. The maximum Gasteiger partial charge on any atom is 0.421 e. The first-order valence-corrected chi connectivity index (χ1v) is 17.4. The smallest absolute Gasteiger partial charge is 0.421 e. The van der Waals surface area contributed by atoms with Gasteiger partial charge in [0, 0.05) is 32.6 Å². The van der Waals surface area contributed by atoms with E-state index in [1.165, 1.54) is 12.0 Å². The highest BCUT2D eigenvalue weighted by molar-refractivity contribution is 7.57. The number of amides is 1. The van der Waals surface area contributed by atoms with Crippen LogP contribution in [0.2, 0.25) is 0 Å². The van der Waals surface area contributed by atoms with Crippen molar-refractivity contribution in [3.63, 3.8) is 0 Å². The van der Waals surface area contributed by atoms with E-state index in [1.54, 1.807) is 44.9 Å². The van der Waals surface area contributed by atoms with Crippen LogP contribution in [0.3, 0.4) is 0 Å². The van der Waals surface area contributed by atoms with Gasteiger partial charge in [0.15, 0.2) is 0 Å². The number of carbonyl (C=O) groups excluding carboxylic acids is 1. The van der Waals surface area contributed by atoms with Gasteiger partial charge in [-0.3, -0.25) is 9.36 Å². The number of alkyl halides is 3. The van der Waals surface area contributed by atoms with Crippen molar-refractivity contribution in [3.8, 4) is 5.75 Å². The molecule has 2 aromatic carbocycles. The topological polar surface area (TPSA) is 126 Å². The summed E-state index contributed by atoms with van der Waals surface area (Å²) < 4.78 is 66.0. The fourth-order valence-electron chi connectivity index (χ4n) is 6.20. The second-order valence-corrected chi connectivity index (χ2v) is 14.9. The Labute approximate surface area is 266 Å². The Hall–Kier alpha value is -3.67. The third-order valence-corrected chi connectivity index (χ3v) is 10.3. The van der Waals surface area contributed by atoms with Crippen LogP contribution in [-0.2, 0) is 28.0 Å². The lowest BCUT2D eigenvalue weighted by Crippen LogP contribution is -2.29. The summed E-state index contributed by atoms with van der Waals surface area (Å²) in [6.07, 6.45) is -1.16. The normalized spacial score (nSPS) is 21.1. The number of aromatic nitrogens is 2. The monoisotopic (exact) mass is 661 g/mol. The highest BCUT2D eigenvalue weighted by Gasteiger charge is 2.38. The Morgan fingerprint density at radius 1 is 1.15 bits per heavy atom. The maximum absolute atomic E-state index is 14.2. The van der Waals surface area contributed by atoms with Gasteiger partial charge >= 0.3 is 6.18 Å². The lowest BCUT2D eigenvalue weighted by atomic mass is 9.75. The lowest BCUT2D eigenvalue weighted by molar-refractivity contribution is -0.137. The summed E-state index contributed by atoms with van der Waals surface area (Å²) in [5.74, 6) is -0.474. The van der Waals surface area contributed by atoms with Gasteiger partial charge in [0.25, 0.3) is 5.91 Å². The van der Waals surface area contributed by atoms with Gasteiger partial charge in [-0.2, -0.15) is 18.2 Å². The van der Waals surface area contributed by atoms with E-state index in [2.05, 4.69) is 20.6 Å². The Kier molecular flexibility index (Phi) is 9.41. The van der Waals surface area contributed by atoms with E-state index in [4.69, 9.17) is 9.26 Å². The second-order valence-electron chi connectivity index (χ2n) is 12.3. The van der Waals surface area contributed by atoms with E-state index in [-0.39, 0.29) is 29.6 Å². The number of rotatable bonds is 10. The number of hydrogen-bond acceptors (Lipinski definition) is 9. The van der Waals surface area contributed by atoms with Crippen LogP contribution in [0.1, 0.15) is 78.1 Å². The number of aliphatic hydroxyl groups is 1. The number of fused-ring (bicyclic) bond motifs is 1. The first kappa shape index (κ1) is 33.7. The van der Waals surface area contributed by atoms with E-state index in [1.807, 2.05) is 13.0 Å². The number of nitrogens with one attached hydrogen (secondary N) is 2. The number of halogens is 3. The van der Waals surface area contributed by atoms with Crippen LogP contribution in [0.15, 0.2) is 36.5 Å². The zero-order valence-electron chi connectivity index (χ0n) is 26.5. The number of benzene rings is 2. The molecule has 0 spiro atoms. The van der Waals surface area contributed by atoms with Crippen molar-refractivity contribution in [1.29, 1.82) is 0 Å². The molecule has 1 aliphatic carbocycles. The van der Waals surface area contributed by atoms with Crippen LogP contribution in [0.25, 0.3) is 0 Å². The summed E-state index contributed by atoms with van der Waals surface area (Å²) in [6.45, 7) is 5.79. The van der Waals surface area contributed by atoms with Gasteiger partial charge in [0.05, 0.1) is 36.3 Å². The summed E-state index contributed by atoms with van der Waals surface area (Å²) in [5, 5.41) is 16.1. The second kappa shape index (κ2) is 12.8. The molecule has 3 aromatic rings. The minimum absolute atomic E-state index is 0.132. The zero-order chi connectivity index (χ0) is 33.4. The van der Waals surface area contributed by atoms with Crippen molar-refractivity contribution in [1.82, 2.24) is 14.9 Å². The van der Waals surface area contributed by atoms with E-state index in [0.29, 0.717) is 54.8 Å². The van der Waals surface area contributed by atoms with E-state index >= 15 is 0 Å². The highest BCUT2D eigenvalue weighted by Crippen LogP contribution is 2.47. The van der Waals surface area contributed by atoms with Gasteiger partial charge in [-0.05, 0) is 80.3 Å².